The molecule has 3 heteroatoms. The molecule has 4 aromatic carbocycles. The maximum absolute atomic E-state index is 12.7. The molecule has 140 valence electrons. The summed E-state index contributed by atoms with van der Waals surface area (Å²) < 4.78 is 6.08. The summed E-state index contributed by atoms with van der Waals surface area (Å²) in [5.74, 6) is -0.0741. The Morgan fingerprint density at radius 2 is 1.17 bits per heavy atom. The van der Waals surface area contributed by atoms with Gasteiger partial charge in [-0.05, 0) is 29.3 Å². The number of cyclic esters (lactones) is 1. The topological polar surface area (TPSA) is 46.5 Å². The molecule has 1 unspecified atom stereocenters. The fraction of sp³-hybridized carbons (Fsp3) is 0.0385. The third-order valence-corrected chi connectivity index (χ3v) is 5.44. The summed E-state index contributed by atoms with van der Waals surface area (Å²) >= 11 is 0. The maximum Gasteiger partial charge on any atom is 0.340 e. The van der Waals surface area contributed by atoms with E-state index in [2.05, 4.69) is 0 Å². The summed E-state index contributed by atoms with van der Waals surface area (Å²) in [6, 6.07) is 32.5. The van der Waals surface area contributed by atoms with Gasteiger partial charge in [-0.2, -0.15) is 0 Å². The van der Waals surface area contributed by atoms with E-state index in [0.717, 1.165) is 27.8 Å². The largest absolute Gasteiger partial charge is 0.508 e. The fourth-order valence-electron chi connectivity index (χ4n) is 4.04. The molecule has 0 bridgehead atoms. The number of rotatable bonds is 3. The van der Waals surface area contributed by atoms with Gasteiger partial charge in [-0.25, -0.2) is 4.79 Å². The van der Waals surface area contributed by atoms with Gasteiger partial charge in [0, 0.05) is 16.7 Å². The molecule has 0 saturated carbocycles. The summed E-state index contributed by atoms with van der Waals surface area (Å²) in [6.07, 6.45) is 0. The number of carbonyl (C=O) groups excluding carboxylic acids is 1. The fourth-order valence-corrected chi connectivity index (χ4v) is 4.04. The molecule has 0 radical (unpaired) electrons. The lowest BCUT2D eigenvalue weighted by atomic mass is 9.79. The van der Waals surface area contributed by atoms with Gasteiger partial charge in [0.05, 0.1) is 5.56 Å². The van der Waals surface area contributed by atoms with E-state index in [1.54, 1.807) is 12.1 Å². The Balaban J connectivity index is 1.68. The number of hydrogen-bond donors (Lipinski definition) is 1. The summed E-state index contributed by atoms with van der Waals surface area (Å²) in [5, 5.41) is 9.52. The molecule has 1 aliphatic rings. The number of hydrogen-bond acceptors (Lipinski definition) is 3. The maximum atomic E-state index is 12.7. The van der Waals surface area contributed by atoms with Crippen molar-refractivity contribution < 1.29 is 14.6 Å². The number of aromatic hydroxyl groups is 1. The molecular weight excluding hydrogens is 360 g/mol. The van der Waals surface area contributed by atoms with Crippen LogP contribution in [-0.2, 0) is 10.3 Å². The van der Waals surface area contributed by atoms with Crippen molar-refractivity contribution in [2.75, 3.05) is 0 Å². The standard InChI is InChI=1S/C26H18O3/c27-22-16-12-19(13-17-22)18-10-14-21(15-11-18)26(20-6-2-1-3-7-20)24-9-5-4-8-23(24)25(28)29-26/h1-17,27H. The highest BCUT2D eigenvalue weighted by atomic mass is 16.6. The first kappa shape index (κ1) is 17.3. The molecule has 4 aromatic rings. The van der Waals surface area contributed by atoms with Gasteiger partial charge < -0.3 is 9.84 Å². The third kappa shape index (κ3) is 2.71. The number of phenolic OH excluding ortho intramolecular Hbond substituents is 1. The molecule has 0 aliphatic carbocycles. The van der Waals surface area contributed by atoms with Crippen LogP contribution in [0.5, 0.6) is 5.75 Å². The molecule has 5 rings (SSSR count). The molecule has 29 heavy (non-hydrogen) atoms. The van der Waals surface area contributed by atoms with Crippen molar-refractivity contribution >= 4 is 5.97 Å². The Bertz CT molecular complexity index is 1180. The smallest absolute Gasteiger partial charge is 0.340 e. The summed E-state index contributed by atoms with van der Waals surface area (Å²) in [4.78, 5) is 12.7. The summed E-state index contributed by atoms with van der Waals surface area (Å²) in [6.45, 7) is 0. The zero-order valence-electron chi connectivity index (χ0n) is 15.6. The van der Waals surface area contributed by atoms with E-state index in [9.17, 15) is 9.90 Å². The van der Waals surface area contributed by atoms with Gasteiger partial charge in [-0.1, -0.05) is 84.9 Å². The quantitative estimate of drug-likeness (QED) is 0.477. The van der Waals surface area contributed by atoms with E-state index in [-0.39, 0.29) is 11.7 Å². The second kappa shape index (κ2) is 6.64. The molecule has 1 heterocycles. The predicted octanol–water partition coefficient (Wildman–Crippen LogP) is 5.52. The Kier molecular flexibility index (Phi) is 3.95. The lowest BCUT2D eigenvalue weighted by Gasteiger charge is -2.30. The first-order valence-electron chi connectivity index (χ1n) is 9.47. The minimum atomic E-state index is -0.970. The molecule has 0 amide bonds. The van der Waals surface area contributed by atoms with Crippen LogP contribution in [0, 0.1) is 0 Å². The Hall–Kier alpha value is -3.85. The van der Waals surface area contributed by atoms with Crippen molar-refractivity contribution in [1.29, 1.82) is 0 Å². The van der Waals surface area contributed by atoms with E-state index in [1.807, 2.05) is 91.0 Å². The van der Waals surface area contributed by atoms with Crippen molar-refractivity contribution in [1.82, 2.24) is 0 Å². The van der Waals surface area contributed by atoms with Crippen molar-refractivity contribution in [3.63, 3.8) is 0 Å². The number of esters is 1. The lowest BCUT2D eigenvalue weighted by molar-refractivity contribution is 0.0251. The second-order valence-electron chi connectivity index (χ2n) is 7.11. The van der Waals surface area contributed by atoms with Crippen LogP contribution in [0.1, 0.15) is 27.0 Å². The number of ether oxygens (including phenoxy) is 1. The van der Waals surface area contributed by atoms with Gasteiger partial charge in [0.2, 0.25) is 0 Å². The normalized spacial score (nSPS) is 17.6. The zero-order valence-corrected chi connectivity index (χ0v) is 15.6. The highest BCUT2D eigenvalue weighted by Gasteiger charge is 2.48. The van der Waals surface area contributed by atoms with Gasteiger partial charge in [-0.15, -0.1) is 0 Å². The van der Waals surface area contributed by atoms with Crippen LogP contribution in [0.3, 0.4) is 0 Å². The monoisotopic (exact) mass is 378 g/mol. The van der Waals surface area contributed by atoms with Crippen LogP contribution < -0.4 is 0 Å². The Morgan fingerprint density at radius 3 is 1.86 bits per heavy atom. The van der Waals surface area contributed by atoms with Crippen molar-refractivity contribution in [2.24, 2.45) is 0 Å². The number of carbonyl (C=O) groups is 1. The molecular formula is C26H18O3. The minimum Gasteiger partial charge on any atom is -0.508 e. The van der Waals surface area contributed by atoms with Crippen molar-refractivity contribution in [3.05, 3.63) is 125 Å². The van der Waals surface area contributed by atoms with Crippen LogP contribution in [0.15, 0.2) is 103 Å². The van der Waals surface area contributed by atoms with Crippen LogP contribution >= 0.6 is 0 Å². The van der Waals surface area contributed by atoms with Gasteiger partial charge in [0.1, 0.15) is 5.75 Å². The molecule has 0 fully saturated rings. The van der Waals surface area contributed by atoms with E-state index < -0.39 is 5.60 Å². The van der Waals surface area contributed by atoms with Crippen LogP contribution in [0.2, 0.25) is 0 Å². The van der Waals surface area contributed by atoms with E-state index >= 15 is 0 Å². The molecule has 3 nitrogen and oxygen atoms in total. The molecule has 1 atom stereocenters. The highest BCUT2D eigenvalue weighted by Crippen LogP contribution is 2.47. The van der Waals surface area contributed by atoms with E-state index in [1.165, 1.54) is 0 Å². The summed E-state index contributed by atoms with van der Waals surface area (Å²) in [5.41, 5.74) is 4.32. The third-order valence-electron chi connectivity index (χ3n) is 5.44. The second-order valence-corrected chi connectivity index (χ2v) is 7.11. The average molecular weight is 378 g/mol. The molecule has 0 saturated heterocycles. The van der Waals surface area contributed by atoms with Crippen molar-refractivity contribution in [3.8, 4) is 16.9 Å². The van der Waals surface area contributed by atoms with Crippen LogP contribution in [0.4, 0.5) is 0 Å². The minimum absolute atomic E-state index is 0.239. The highest BCUT2D eigenvalue weighted by molar-refractivity contribution is 5.96. The van der Waals surface area contributed by atoms with Crippen LogP contribution in [0.25, 0.3) is 11.1 Å². The number of benzene rings is 4. The molecule has 1 aliphatic heterocycles. The van der Waals surface area contributed by atoms with Crippen LogP contribution in [-0.4, -0.2) is 11.1 Å². The summed E-state index contributed by atoms with van der Waals surface area (Å²) in [7, 11) is 0. The number of phenols is 1. The van der Waals surface area contributed by atoms with Gasteiger partial charge in [0.15, 0.2) is 5.60 Å². The molecule has 0 spiro atoms. The predicted molar refractivity (Wildman–Crippen MR) is 112 cm³/mol. The number of fused-ring (bicyclic) bond motifs is 1. The molecule has 0 aromatic heterocycles. The Morgan fingerprint density at radius 1 is 0.621 bits per heavy atom. The zero-order chi connectivity index (χ0) is 19.8. The first-order chi connectivity index (χ1) is 14.2. The van der Waals surface area contributed by atoms with Gasteiger partial charge in [0.25, 0.3) is 0 Å². The average Bonchev–Trinajstić information content (AvgIpc) is 3.09. The lowest BCUT2D eigenvalue weighted by Crippen LogP contribution is -2.29. The van der Waals surface area contributed by atoms with Gasteiger partial charge in [-0.3, -0.25) is 0 Å². The van der Waals surface area contributed by atoms with E-state index in [0.29, 0.717) is 5.56 Å². The SMILES string of the molecule is O=C1OC(c2ccccc2)(c2ccc(-c3ccc(O)cc3)cc2)c2ccccc21. The first-order valence-corrected chi connectivity index (χ1v) is 9.47. The van der Waals surface area contributed by atoms with Gasteiger partial charge >= 0.3 is 5.97 Å². The van der Waals surface area contributed by atoms with E-state index in [4.69, 9.17) is 4.74 Å². The molecule has 1 N–H and O–H groups in total. The van der Waals surface area contributed by atoms with Crippen molar-refractivity contribution in [2.45, 2.75) is 5.60 Å². The Labute approximate surface area is 168 Å².